The molecule has 0 aliphatic rings. The molecule has 0 aromatic rings. The van der Waals surface area contributed by atoms with Crippen molar-refractivity contribution < 1.29 is 4.79 Å². The second-order valence-corrected chi connectivity index (χ2v) is 5.89. The molecule has 0 fully saturated rings. The number of Topliss-reactive ketones (excluding diaryl/α,β-unsaturated/α-hetero) is 1. The van der Waals surface area contributed by atoms with Crippen molar-refractivity contribution >= 4 is 5.78 Å². The molecule has 0 radical (unpaired) electrons. The molecule has 114 valence electrons. The van der Waals surface area contributed by atoms with Crippen molar-refractivity contribution in [2.45, 2.75) is 103 Å². The summed E-state index contributed by atoms with van der Waals surface area (Å²) >= 11 is 0. The first kappa shape index (κ1) is 18.6. The minimum Gasteiger partial charge on any atom is -0.322 e. The lowest BCUT2D eigenvalue weighted by atomic mass is 10.0. The van der Waals surface area contributed by atoms with Crippen molar-refractivity contribution in [1.82, 2.24) is 0 Å². The first-order chi connectivity index (χ1) is 9.18. The lowest BCUT2D eigenvalue weighted by molar-refractivity contribution is -0.120. The minimum absolute atomic E-state index is 0.215. The van der Waals surface area contributed by atoms with Crippen LogP contribution in [0.2, 0.25) is 0 Å². The van der Waals surface area contributed by atoms with Gasteiger partial charge in [-0.15, -0.1) is 0 Å². The standard InChI is InChI=1S/C17H35NO/c1-3-4-5-6-7-8-9-10-11-12-13-14-15-17(19)16(2)18/h16H,3-15,18H2,1-2H3/t16-/m0/s1. The number of hydrogen-bond donors (Lipinski definition) is 1. The highest BCUT2D eigenvalue weighted by Gasteiger charge is 2.05. The molecule has 0 amide bonds. The van der Waals surface area contributed by atoms with E-state index in [4.69, 9.17) is 5.73 Å². The van der Waals surface area contributed by atoms with E-state index in [1.807, 2.05) is 0 Å². The Bertz CT molecular complexity index is 201. The van der Waals surface area contributed by atoms with Gasteiger partial charge in [0.1, 0.15) is 5.78 Å². The quantitative estimate of drug-likeness (QED) is 0.451. The summed E-state index contributed by atoms with van der Waals surface area (Å²) in [6, 6.07) is -0.271. The maximum Gasteiger partial charge on any atom is 0.149 e. The fourth-order valence-corrected chi connectivity index (χ4v) is 2.37. The summed E-state index contributed by atoms with van der Waals surface area (Å²) in [5.74, 6) is 0.215. The van der Waals surface area contributed by atoms with Gasteiger partial charge in [0, 0.05) is 6.42 Å². The van der Waals surface area contributed by atoms with Crippen LogP contribution < -0.4 is 5.73 Å². The number of carbonyl (C=O) groups excluding carboxylic acids is 1. The summed E-state index contributed by atoms with van der Waals surface area (Å²) < 4.78 is 0. The Morgan fingerprint density at radius 2 is 1.16 bits per heavy atom. The molecule has 0 saturated carbocycles. The molecule has 0 unspecified atom stereocenters. The molecule has 1 atom stereocenters. The summed E-state index contributed by atoms with van der Waals surface area (Å²) in [6.45, 7) is 4.05. The van der Waals surface area contributed by atoms with Crippen molar-refractivity contribution in [3.63, 3.8) is 0 Å². The second-order valence-electron chi connectivity index (χ2n) is 5.89. The maximum absolute atomic E-state index is 11.3. The van der Waals surface area contributed by atoms with Crippen molar-refractivity contribution in [2.24, 2.45) is 5.73 Å². The third-order valence-electron chi connectivity index (χ3n) is 3.78. The third-order valence-corrected chi connectivity index (χ3v) is 3.78. The topological polar surface area (TPSA) is 43.1 Å². The van der Waals surface area contributed by atoms with Gasteiger partial charge in [-0.05, 0) is 13.3 Å². The molecule has 0 spiro atoms. The SMILES string of the molecule is CCCCCCCCCCCCCCC(=O)[C@H](C)N. The summed E-state index contributed by atoms with van der Waals surface area (Å²) in [4.78, 5) is 11.3. The number of hydrogen-bond acceptors (Lipinski definition) is 2. The molecule has 0 saturated heterocycles. The lowest BCUT2D eigenvalue weighted by Crippen LogP contribution is -2.26. The van der Waals surface area contributed by atoms with Crippen LogP contribution >= 0.6 is 0 Å². The van der Waals surface area contributed by atoms with E-state index >= 15 is 0 Å². The van der Waals surface area contributed by atoms with Gasteiger partial charge in [-0.2, -0.15) is 0 Å². The Balaban J connectivity index is 3.05. The first-order valence-corrected chi connectivity index (χ1v) is 8.46. The van der Waals surface area contributed by atoms with Crippen LogP contribution in [0.5, 0.6) is 0 Å². The normalized spacial score (nSPS) is 12.6. The van der Waals surface area contributed by atoms with Crippen LogP contribution in [-0.4, -0.2) is 11.8 Å². The Morgan fingerprint density at radius 3 is 1.53 bits per heavy atom. The molecular weight excluding hydrogens is 234 g/mol. The van der Waals surface area contributed by atoms with E-state index in [0.717, 1.165) is 6.42 Å². The van der Waals surface area contributed by atoms with Gasteiger partial charge >= 0.3 is 0 Å². The highest BCUT2D eigenvalue weighted by atomic mass is 16.1. The van der Waals surface area contributed by atoms with E-state index in [9.17, 15) is 4.79 Å². The zero-order valence-corrected chi connectivity index (χ0v) is 13.3. The van der Waals surface area contributed by atoms with Gasteiger partial charge < -0.3 is 5.73 Å². The Morgan fingerprint density at radius 1 is 0.789 bits per heavy atom. The smallest absolute Gasteiger partial charge is 0.149 e. The average molecular weight is 269 g/mol. The Hall–Kier alpha value is -0.370. The highest BCUT2D eigenvalue weighted by Crippen LogP contribution is 2.12. The van der Waals surface area contributed by atoms with Gasteiger partial charge in [0.25, 0.3) is 0 Å². The van der Waals surface area contributed by atoms with Crippen LogP contribution in [0, 0.1) is 0 Å². The highest BCUT2D eigenvalue weighted by molar-refractivity contribution is 5.83. The first-order valence-electron chi connectivity index (χ1n) is 8.46. The minimum atomic E-state index is -0.271. The number of ketones is 1. The van der Waals surface area contributed by atoms with Crippen LogP contribution in [-0.2, 0) is 4.79 Å². The van der Waals surface area contributed by atoms with E-state index in [-0.39, 0.29) is 11.8 Å². The van der Waals surface area contributed by atoms with Gasteiger partial charge in [0.15, 0.2) is 0 Å². The van der Waals surface area contributed by atoms with E-state index in [0.29, 0.717) is 6.42 Å². The Labute approximate surface area is 120 Å². The molecule has 0 aliphatic carbocycles. The van der Waals surface area contributed by atoms with Crippen LogP contribution in [0.3, 0.4) is 0 Å². The molecule has 0 aromatic carbocycles. The van der Waals surface area contributed by atoms with Crippen molar-refractivity contribution in [2.75, 3.05) is 0 Å². The average Bonchev–Trinajstić information content (AvgIpc) is 2.39. The molecule has 0 aromatic heterocycles. The molecule has 0 bridgehead atoms. The summed E-state index contributed by atoms with van der Waals surface area (Å²) in [5, 5.41) is 0. The van der Waals surface area contributed by atoms with Crippen molar-refractivity contribution in [3.05, 3.63) is 0 Å². The second kappa shape index (κ2) is 14.0. The van der Waals surface area contributed by atoms with E-state index in [2.05, 4.69) is 6.92 Å². The summed E-state index contributed by atoms with van der Waals surface area (Å²) in [5.41, 5.74) is 5.53. The molecule has 2 nitrogen and oxygen atoms in total. The molecule has 0 aliphatic heterocycles. The summed E-state index contributed by atoms with van der Waals surface area (Å²) in [6.07, 6.45) is 16.7. The molecule has 0 heterocycles. The van der Waals surface area contributed by atoms with Gasteiger partial charge in [-0.1, -0.05) is 77.6 Å². The molecule has 2 N–H and O–H groups in total. The van der Waals surface area contributed by atoms with Gasteiger partial charge in [-0.25, -0.2) is 0 Å². The van der Waals surface area contributed by atoms with Crippen LogP contribution in [0.1, 0.15) is 97.3 Å². The fourth-order valence-electron chi connectivity index (χ4n) is 2.37. The number of nitrogens with two attached hydrogens (primary N) is 1. The van der Waals surface area contributed by atoms with Crippen LogP contribution in [0.4, 0.5) is 0 Å². The number of carbonyl (C=O) groups is 1. The zero-order valence-electron chi connectivity index (χ0n) is 13.3. The maximum atomic E-state index is 11.3. The fraction of sp³-hybridized carbons (Fsp3) is 0.941. The number of rotatable bonds is 14. The van der Waals surface area contributed by atoms with Crippen molar-refractivity contribution in [1.29, 1.82) is 0 Å². The van der Waals surface area contributed by atoms with Crippen molar-refractivity contribution in [3.8, 4) is 0 Å². The predicted octanol–water partition coefficient (Wildman–Crippen LogP) is 4.99. The molecular formula is C17H35NO. The van der Waals surface area contributed by atoms with E-state index in [1.165, 1.54) is 70.6 Å². The van der Waals surface area contributed by atoms with E-state index < -0.39 is 0 Å². The van der Waals surface area contributed by atoms with Gasteiger partial charge in [0.2, 0.25) is 0 Å². The van der Waals surface area contributed by atoms with Gasteiger partial charge in [-0.3, -0.25) is 4.79 Å². The number of unbranched alkanes of at least 4 members (excludes halogenated alkanes) is 11. The van der Waals surface area contributed by atoms with E-state index in [1.54, 1.807) is 6.92 Å². The molecule has 2 heteroatoms. The van der Waals surface area contributed by atoms with Crippen LogP contribution in [0.15, 0.2) is 0 Å². The van der Waals surface area contributed by atoms with Crippen LogP contribution in [0.25, 0.3) is 0 Å². The third kappa shape index (κ3) is 13.9. The molecule has 0 rings (SSSR count). The lowest BCUT2D eigenvalue weighted by Gasteiger charge is -2.04. The zero-order chi connectivity index (χ0) is 14.3. The monoisotopic (exact) mass is 269 g/mol. The predicted molar refractivity (Wildman–Crippen MR) is 84.4 cm³/mol. The Kier molecular flexibility index (Phi) is 13.8. The largest absolute Gasteiger partial charge is 0.322 e. The van der Waals surface area contributed by atoms with Gasteiger partial charge in [0.05, 0.1) is 6.04 Å². The summed E-state index contributed by atoms with van der Waals surface area (Å²) in [7, 11) is 0. The molecule has 19 heavy (non-hydrogen) atoms.